The Bertz CT molecular complexity index is 658. The third-order valence-corrected chi connectivity index (χ3v) is 5.39. The highest BCUT2D eigenvalue weighted by Crippen LogP contribution is 2.25. The number of aryl methyl sites for hydroxylation is 1. The Morgan fingerprint density at radius 2 is 2.08 bits per heavy atom. The summed E-state index contributed by atoms with van der Waals surface area (Å²) in [6, 6.07) is 8.25. The first-order chi connectivity index (χ1) is 11.5. The quantitative estimate of drug-likeness (QED) is 0.668. The second-order valence-electron chi connectivity index (χ2n) is 5.96. The summed E-state index contributed by atoms with van der Waals surface area (Å²) in [7, 11) is 0. The average molecular weight is 365 g/mol. The molecule has 0 aliphatic rings. The van der Waals surface area contributed by atoms with E-state index in [2.05, 4.69) is 53.7 Å². The van der Waals surface area contributed by atoms with E-state index in [-0.39, 0.29) is 5.91 Å². The van der Waals surface area contributed by atoms with Crippen LogP contribution in [0.3, 0.4) is 0 Å². The van der Waals surface area contributed by atoms with Crippen LogP contribution >= 0.6 is 23.1 Å². The van der Waals surface area contributed by atoms with E-state index >= 15 is 0 Å². The molecular weight excluding hydrogens is 340 g/mol. The van der Waals surface area contributed by atoms with Gasteiger partial charge in [0.2, 0.25) is 11.0 Å². The zero-order valence-electron chi connectivity index (χ0n) is 14.3. The number of hydrogen-bond donors (Lipinski definition) is 2. The molecule has 1 aromatic carbocycles. The normalized spacial score (nSPS) is 10.8. The molecule has 0 aliphatic carbocycles. The third-order valence-electron chi connectivity index (χ3n) is 3.37. The number of carbonyl (C=O) groups is 1. The number of thioether (sulfide) groups is 1. The highest BCUT2D eigenvalue weighted by Gasteiger charge is 2.08. The maximum atomic E-state index is 11.9. The van der Waals surface area contributed by atoms with Crippen LogP contribution in [0.15, 0.2) is 28.6 Å². The number of aromatic nitrogens is 2. The van der Waals surface area contributed by atoms with Gasteiger partial charge in [-0.15, -0.1) is 10.2 Å². The molecule has 0 unspecified atom stereocenters. The van der Waals surface area contributed by atoms with Crippen molar-refractivity contribution in [3.63, 3.8) is 0 Å². The number of amides is 1. The predicted molar refractivity (Wildman–Crippen MR) is 102 cm³/mol. The number of benzene rings is 1. The first-order valence-electron chi connectivity index (χ1n) is 8.06. The topological polar surface area (TPSA) is 66.9 Å². The van der Waals surface area contributed by atoms with Crippen LogP contribution in [0.2, 0.25) is 0 Å². The molecule has 24 heavy (non-hydrogen) atoms. The lowest BCUT2D eigenvalue weighted by molar-refractivity contribution is -0.118. The lowest BCUT2D eigenvalue weighted by Gasteiger charge is -2.06. The van der Waals surface area contributed by atoms with Crippen molar-refractivity contribution in [2.75, 3.05) is 24.2 Å². The first kappa shape index (κ1) is 18.7. The summed E-state index contributed by atoms with van der Waals surface area (Å²) in [6.45, 7) is 7.91. The average Bonchev–Trinajstić information content (AvgIpc) is 3.01. The van der Waals surface area contributed by atoms with Gasteiger partial charge in [-0.25, -0.2) is 0 Å². The Kier molecular flexibility index (Phi) is 7.52. The van der Waals surface area contributed by atoms with Crippen LogP contribution in [0.5, 0.6) is 0 Å². The second-order valence-corrected chi connectivity index (χ2v) is 8.16. The second kappa shape index (κ2) is 9.64. The molecule has 0 radical (unpaired) electrons. The van der Waals surface area contributed by atoms with E-state index in [1.807, 2.05) is 12.1 Å². The van der Waals surface area contributed by atoms with Gasteiger partial charge in [0.25, 0.3) is 0 Å². The van der Waals surface area contributed by atoms with Crippen molar-refractivity contribution < 1.29 is 4.79 Å². The molecule has 1 heterocycles. The molecule has 5 nitrogen and oxygen atoms in total. The molecular formula is C17H24N4OS2. The minimum Gasteiger partial charge on any atom is -0.360 e. The molecule has 0 atom stereocenters. The molecule has 2 N–H and O–H groups in total. The van der Waals surface area contributed by atoms with E-state index in [1.165, 1.54) is 34.2 Å². The van der Waals surface area contributed by atoms with Gasteiger partial charge in [0.05, 0.1) is 5.75 Å². The van der Waals surface area contributed by atoms with Gasteiger partial charge in [0, 0.05) is 13.1 Å². The van der Waals surface area contributed by atoms with Gasteiger partial charge in [-0.05, 0) is 30.4 Å². The number of carbonyl (C=O) groups excluding carboxylic acids is 1. The van der Waals surface area contributed by atoms with Gasteiger partial charge in [-0.2, -0.15) is 0 Å². The van der Waals surface area contributed by atoms with Gasteiger partial charge < -0.3 is 10.6 Å². The van der Waals surface area contributed by atoms with Crippen molar-refractivity contribution in [1.82, 2.24) is 15.5 Å². The maximum absolute atomic E-state index is 11.9. The van der Waals surface area contributed by atoms with Crippen LogP contribution in [0.25, 0.3) is 0 Å². The number of rotatable bonds is 9. The van der Waals surface area contributed by atoms with E-state index in [9.17, 15) is 4.79 Å². The van der Waals surface area contributed by atoms with Crippen molar-refractivity contribution in [1.29, 1.82) is 0 Å². The van der Waals surface area contributed by atoms with Gasteiger partial charge in [-0.3, -0.25) is 4.79 Å². The van der Waals surface area contributed by atoms with Gasteiger partial charge in [0.15, 0.2) is 4.34 Å². The van der Waals surface area contributed by atoms with Crippen LogP contribution in [0.1, 0.15) is 25.0 Å². The van der Waals surface area contributed by atoms with Crippen molar-refractivity contribution >= 4 is 34.1 Å². The van der Waals surface area contributed by atoms with Crippen LogP contribution in [0, 0.1) is 12.8 Å². The van der Waals surface area contributed by atoms with E-state index in [1.54, 1.807) is 0 Å². The zero-order valence-corrected chi connectivity index (χ0v) is 16.0. The summed E-state index contributed by atoms with van der Waals surface area (Å²) < 4.78 is 0.815. The summed E-state index contributed by atoms with van der Waals surface area (Å²) >= 11 is 2.92. The van der Waals surface area contributed by atoms with Crippen molar-refractivity contribution in [3.05, 3.63) is 35.4 Å². The molecule has 0 saturated heterocycles. The molecule has 1 aromatic heterocycles. The minimum atomic E-state index is 0.0282. The van der Waals surface area contributed by atoms with Gasteiger partial charge >= 0.3 is 0 Å². The lowest BCUT2D eigenvalue weighted by Crippen LogP contribution is -2.27. The van der Waals surface area contributed by atoms with Gasteiger partial charge in [0.1, 0.15) is 0 Å². The molecule has 0 spiro atoms. The van der Waals surface area contributed by atoms with Crippen LogP contribution in [-0.2, 0) is 11.2 Å². The number of nitrogens with zero attached hydrogens (tertiary/aromatic N) is 2. The molecule has 130 valence electrons. The molecule has 7 heteroatoms. The number of anilines is 1. The standard InChI is InChI=1S/C17H24N4OS2/c1-12(2)10-19-16-20-21-17(24-16)23-11-15(22)18-9-8-14-7-5-4-6-13(14)3/h4-7,12H,8-11H2,1-3H3,(H,18,22)(H,19,20). The lowest BCUT2D eigenvalue weighted by atomic mass is 10.1. The van der Waals surface area contributed by atoms with Crippen LogP contribution in [0.4, 0.5) is 5.13 Å². The Balaban J connectivity index is 1.67. The Morgan fingerprint density at radius 3 is 2.83 bits per heavy atom. The molecule has 0 bridgehead atoms. The van der Waals surface area contributed by atoms with Crippen molar-refractivity contribution in [3.8, 4) is 0 Å². The maximum Gasteiger partial charge on any atom is 0.230 e. The van der Waals surface area contributed by atoms with Crippen LogP contribution < -0.4 is 10.6 Å². The molecule has 2 rings (SSSR count). The summed E-state index contributed by atoms with van der Waals surface area (Å²) in [5.41, 5.74) is 2.53. The molecule has 1 amide bonds. The fourth-order valence-corrected chi connectivity index (χ4v) is 3.63. The molecule has 0 fully saturated rings. The summed E-state index contributed by atoms with van der Waals surface area (Å²) in [4.78, 5) is 11.9. The van der Waals surface area contributed by atoms with Crippen molar-refractivity contribution in [2.45, 2.75) is 31.5 Å². The first-order valence-corrected chi connectivity index (χ1v) is 9.86. The summed E-state index contributed by atoms with van der Waals surface area (Å²) in [5.74, 6) is 0.955. The highest BCUT2D eigenvalue weighted by molar-refractivity contribution is 8.01. The summed E-state index contributed by atoms with van der Waals surface area (Å²) in [6.07, 6.45) is 0.852. The van der Waals surface area contributed by atoms with Crippen molar-refractivity contribution in [2.24, 2.45) is 5.92 Å². The van der Waals surface area contributed by atoms with E-state index in [4.69, 9.17) is 0 Å². The summed E-state index contributed by atoms with van der Waals surface area (Å²) in [5, 5.41) is 15.2. The van der Waals surface area contributed by atoms with Crippen LogP contribution in [-0.4, -0.2) is 34.9 Å². The third kappa shape index (κ3) is 6.49. The predicted octanol–water partition coefficient (Wildman–Crippen LogP) is 3.37. The van der Waals surface area contributed by atoms with E-state index in [0.29, 0.717) is 18.2 Å². The van der Waals surface area contributed by atoms with Gasteiger partial charge in [-0.1, -0.05) is 61.2 Å². The largest absolute Gasteiger partial charge is 0.360 e. The zero-order chi connectivity index (χ0) is 17.4. The minimum absolute atomic E-state index is 0.0282. The molecule has 0 aliphatic heterocycles. The monoisotopic (exact) mass is 364 g/mol. The fourth-order valence-electron chi connectivity index (χ4n) is 2.04. The number of nitrogens with one attached hydrogen (secondary N) is 2. The Morgan fingerprint density at radius 1 is 1.29 bits per heavy atom. The molecule has 0 saturated carbocycles. The molecule has 2 aromatic rings. The smallest absolute Gasteiger partial charge is 0.230 e. The van der Waals surface area contributed by atoms with E-state index in [0.717, 1.165) is 22.4 Å². The SMILES string of the molecule is Cc1ccccc1CCNC(=O)CSc1nnc(NCC(C)C)s1. The fraction of sp³-hybridized carbons (Fsp3) is 0.471. The Hall–Kier alpha value is -1.60. The van der Waals surface area contributed by atoms with E-state index < -0.39 is 0 Å². The highest BCUT2D eigenvalue weighted by atomic mass is 32.2. The Labute approximate surface area is 151 Å². The number of hydrogen-bond acceptors (Lipinski definition) is 6.